The van der Waals surface area contributed by atoms with Gasteiger partial charge >= 0.3 is 0 Å². The van der Waals surface area contributed by atoms with Crippen molar-refractivity contribution in [1.29, 1.82) is 0 Å². The molecule has 0 amide bonds. The molecule has 3 N–H and O–H groups in total. The Morgan fingerprint density at radius 3 is 2.68 bits per heavy atom. The smallest absolute Gasteiger partial charge is 0.175 e. The fraction of sp³-hybridized carbons (Fsp3) is 0.471. The van der Waals surface area contributed by atoms with Gasteiger partial charge in [0.15, 0.2) is 5.82 Å². The van der Waals surface area contributed by atoms with Crippen molar-refractivity contribution in [3.63, 3.8) is 0 Å². The van der Waals surface area contributed by atoms with Crippen molar-refractivity contribution < 1.29 is 4.52 Å². The summed E-state index contributed by atoms with van der Waals surface area (Å²) in [5, 5.41) is 8.21. The van der Waals surface area contributed by atoms with Crippen LogP contribution in [0.3, 0.4) is 0 Å². The topological polar surface area (TPSA) is 64.1 Å². The minimum atomic E-state index is 0.0637. The minimum Gasteiger partial charge on any atom is -0.380 e. The van der Waals surface area contributed by atoms with Crippen LogP contribution in [0.2, 0.25) is 5.02 Å². The number of nitrogens with zero attached hydrogens (tertiary/aromatic N) is 1. The molecule has 1 unspecified atom stereocenters. The lowest BCUT2D eigenvalue weighted by Gasteiger charge is -2.39. The number of rotatable bonds is 1. The number of benzene rings is 1. The van der Waals surface area contributed by atoms with Crippen molar-refractivity contribution in [2.75, 3.05) is 11.1 Å². The largest absolute Gasteiger partial charge is 0.380 e. The Morgan fingerprint density at radius 2 is 2.09 bits per heavy atom. The molecule has 1 atom stereocenters. The van der Waals surface area contributed by atoms with E-state index in [1.54, 1.807) is 0 Å². The van der Waals surface area contributed by atoms with E-state index in [1.807, 2.05) is 6.92 Å². The molecule has 1 aromatic heterocycles. The van der Waals surface area contributed by atoms with Crippen molar-refractivity contribution in [1.82, 2.24) is 5.16 Å². The predicted molar refractivity (Wildman–Crippen MR) is 91.6 cm³/mol. The van der Waals surface area contributed by atoms with Crippen molar-refractivity contribution in [3.8, 4) is 11.1 Å². The number of aryl methyl sites for hydroxylation is 2. The summed E-state index contributed by atoms with van der Waals surface area (Å²) in [4.78, 5) is 0. The number of nitrogens with two attached hydrogens (primary N) is 1. The van der Waals surface area contributed by atoms with Gasteiger partial charge in [0.1, 0.15) is 5.76 Å². The van der Waals surface area contributed by atoms with E-state index < -0.39 is 0 Å². The Hall–Kier alpha value is -1.68. The second-order valence-electron chi connectivity index (χ2n) is 6.96. The molecule has 0 bridgehead atoms. The summed E-state index contributed by atoms with van der Waals surface area (Å²) >= 11 is 6.76. The number of nitrogen functional groups attached to an aromatic ring is 1. The molecule has 2 aromatic rings. The van der Waals surface area contributed by atoms with Crippen LogP contribution in [0.4, 0.5) is 11.5 Å². The average molecular weight is 320 g/mol. The van der Waals surface area contributed by atoms with Gasteiger partial charge in [-0.15, -0.1) is 0 Å². The first-order chi connectivity index (χ1) is 10.2. The first kappa shape index (κ1) is 15.2. The first-order valence-electron chi connectivity index (χ1n) is 7.54. The summed E-state index contributed by atoms with van der Waals surface area (Å²) in [5.74, 6) is 1.45. The van der Waals surface area contributed by atoms with Crippen LogP contribution >= 0.6 is 11.6 Å². The molecule has 4 nitrogen and oxygen atoms in total. The van der Waals surface area contributed by atoms with Crippen LogP contribution in [-0.2, 0) is 0 Å². The van der Waals surface area contributed by atoms with E-state index >= 15 is 0 Å². The molecule has 5 heteroatoms. The molecular formula is C17H22ClN3O. The molecule has 118 valence electrons. The molecule has 0 aliphatic carbocycles. The van der Waals surface area contributed by atoms with Gasteiger partial charge in [-0.2, -0.15) is 0 Å². The number of aromatic nitrogens is 1. The van der Waals surface area contributed by atoms with E-state index in [4.69, 9.17) is 21.9 Å². The summed E-state index contributed by atoms with van der Waals surface area (Å²) in [6, 6.07) is 2.07. The highest BCUT2D eigenvalue weighted by atomic mass is 35.5. The monoisotopic (exact) mass is 319 g/mol. The lowest BCUT2D eigenvalue weighted by Crippen LogP contribution is -2.37. The normalized spacial score (nSPS) is 19.6. The van der Waals surface area contributed by atoms with Gasteiger partial charge in [-0.05, 0) is 57.2 Å². The third kappa shape index (κ3) is 2.26. The lowest BCUT2D eigenvalue weighted by atomic mass is 9.79. The number of anilines is 2. The highest BCUT2D eigenvalue weighted by Crippen LogP contribution is 2.48. The molecule has 1 aromatic carbocycles. The van der Waals surface area contributed by atoms with E-state index in [2.05, 4.69) is 44.2 Å². The van der Waals surface area contributed by atoms with Gasteiger partial charge in [-0.3, -0.25) is 0 Å². The Morgan fingerprint density at radius 1 is 1.41 bits per heavy atom. The SMILES string of the molecule is Cc1cc(-c2c(N)noc2C)c(Cl)c2c1NC(C)(C)CC2C. The Labute approximate surface area is 136 Å². The quantitative estimate of drug-likeness (QED) is 0.785. The fourth-order valence-corrected chi connectivity index (χ4v) is 4.03. The number of hydrogen-bond acceptors (Lipinski definition) is 4. The molecule has 0 saturated heterocycles. The molecule has 1 aliphatic rings. The fourth-order valence-electron chi connectivity index (χ4n) is 3.60. The van der Waals surface area contributed by atoms with Crippen LogP contribution in [-0.4, -0.2) is 10.7 Å². The second kappa shape index (κ2) is 4.92. The van der Waals surface area contributed by atoms with Gasteiger partial charge in [-0.1, -0.05) is 23.7 Å². The van der Waals surface area contributed by atoms with Crippen molar-refractivity contribution in [2.24, 2.45) is 0 Å². The highest BCUT2D eigenvalue weighted by Gasteiger charge is 2.33. The van der Waals surface area contributed by atoms with E-state index in [9.17, 15) is 0 Å². The van der Waals surface area contributed by atoms with Gasteiger partial charge in [0.25, 0.3) is 0 Å². The average Bonchev–Trinajstić information content (AvgIpc) is 2.72. The number of fused-ring (bicyclic) bond motifs is 1. The standard InChI is InChI=1S/C17H22ClN3O/c1-8-6-11(13-10(3)22-21-16(13)19)14(18)12-9(2)7-17(4,5)20-15(8)12/h6,9,20H,7H2,1-5H3,(H2,19,21). The zero-order valence-electron chi connectivity index (χ0n) is 13.7. The predicted octanol–water partition coefficient (Wildman–Crippen LogP) is 4.89. The van der Waals surface area contributed by atoms with Crippen molar-refractivity contribution in [2.45, 2.75) is 52.5 Å². The molecule has 3 rings (SSSR count). The summed E-state index contributed by atoms with van der Waals surface area (Å²) in [6.07, 6.45) is 1.03. The molecule has 0 radical (unpaired) electrons. The molecule has 22 heavy (non-hydrogen) atoms. The van der Waals surface area contributed by atoms with Crippen LogP contribution < -0.4 is 11.1 Å². The van der Waals surface area contributed by atoms with Gasteiger partial charge in [0.2, 0.25) is 0 Å². The van der Waals surface area contributed by atoms with Gasteiger partial charge < -0.3 is 15.6 Å². The zero-order valence-corrected chi connectivity index (χ0v) is 14.4. The maximum absolute atomic E-state index is 6.76. The number of hydrogen-bond donors (Lipinski definition) is 2. The van der Waals surface area contributed by atoms with Gasteiger partial charge in [0, 0.05) is 16.8 Å². The van der Waals surface area contributed by atoms with Crippen molar-refractivity contribution in [3.05, 3.63) is 28.0 Å². The van der Waals surface area contributed by atoms with Crippen LogP contribution in [0, 0.1) is 13.8 Å². The molecular weight excluding hydrogens is 298 g/mol. The van der Waals surface area contributed by atoms with E-state index in [1.165, 1.54) is 0 Å². The highest BCUT2D eigenvalue weighted by molar-refractivity contribution is 6.35. The number of halogens is 1. The van der Waals surface area contributed by atoms with Crippen LogP contribution in [0.15, 0.2) is 10.6 Å². The van der Waals surface area contributed by atoms with E-state index in [-0.39, 0.29) is 5.54 Å². The first-order valence-corrected chi connectivity index (χ1v) is 7.92. The van der Waals surface area contributed by atoms with Crippen LogP contribution in [0.1, 0.15) is 50.0 Å². The second-order valence-corrected chi connectivity index (χ2v) is 7.33. The van der Waals surface area contributed by atoms with Crippen LogP contribution in [0.25, 0.3) is 11.1 Å². The molecule has 0 saturated carbocycles. The summed E-state index contributed by atoms with van der Waals surface area (Å²) in [7, 11) is 0. The van der Waals surface area contributed by atoms with Gasteiger partial charge in [0.05, 0.1) is 10.6 Å². The minimum absolute atomic E-state index is 0.0637. The van der Waals surface area contributed by atoms with Gasteiger partial charge in [-0.25, -0.2) is 0 Å². The zero-order chi connectivity index (χ0) is 16.2. The van der Waals surface area contributed by atoms with E-state index in [0.717, 1.165) is 39.4 Å². The Bertz CT molecular complexity index is 729. The Kier molecular flexibility index (Phi) is 3.40. The third-order valence-electron chi connectivity index (χ3n) is 4.43. The van der Waals surface area contributed by atoms with Crippen molar-refractivity contribution >= 4 is 23.1 Å². The summed E-state index contributed by atoms with van der Waals surface area (Å²) in [6.45, 7) is 10.6. The maximum atomic E-state index is 6.76. The lowest BCUT2D eigenvalue weighted by molar-refractivity contribution is 0.401. The molecule has 1 aliphatic heterocycles. The molecule has 0 spiro atoms. The third-order valence-corrected chi connectivity index (χ3v) is 4.84. The summed E-state index contributed by atoms with van der Waals surface area (Å²) < 4.78 is 5.20. The number of nitrogens with one attached hydrogen (secondary N) is 1. The maximum Gasteiger partial charge on any atom is 0.175 e. The molecule has 2 heterocycles. The molecule has 0 fully saturated rings. The Balaban J connectivity index is 2.26. The van der Waals surface area contributed by atoms with Crippen LogP contribution in [0.5, 0.6) is 0 Å². The summed E-state index contributed by atoms with van der Waals surface area (Å²) in [5.41, 5.74) is 11.2. The van der Waals surface area contributed by atoms with E-state index in [0.29, 0.717) is 17.5 Å².